The SMILES string of the molecule is CCc1ccc(CN2CCC(c3cc4ccccc4o3)CC2)cc1. The summed E-state index contributed by atoms with van der Waals surface area (Å²) in [6, 6.07) is 19.6. The van der Waals surface area contributed by atoms with Crippen LogP contribution in [0, 0.1) is 0 Å². The summed E-state index contributed by atoms with van der Waals surface area (Å²) in [4.78, 5) is 2.57. The van der Waals surface area contributed by atoms with Gasteiger partial charge in [-0.3, -0.25) is 4.90 Å². The van der Waals surface area contributed by atoms with E-state index in [1.54, 1.807) is 0 Å². The van der Waals surface area contributed by atoms with E-state index in [9.17, 15) is 0 Å². The fourth-order valence-corrected chi connectivity index (χ4v) is 3.72. The molecule has 2 heteroatoms. The number of rotatable bonds is 4. The van der Waals surface area contributed by atoms with E-state index in [-0.39, 0.29) is 0 Å². The molecule has 1 aromatic heterocycles. The third-order valence-corrected chi connectivity index (χ3v) is 5.27. The first-order valence-corrected chi connectivity index (χ1v) is 9.10. The fraction of sp³-hybridized carbons (Fsp3) is 0.364. The molecule has 0 saturated carbocycles. The molecule has 0 spiro atoms. The molecule has 0 unspecified atom stereocenters. The van der Waals surface area contributed by atoms with Crippen molar-refractivity contribution >= 4 is 11.0 Å². The number of fused-ring (bicyclic) bond motifs is 1. The van der Waals surface area contributed by atoms with Crippen molar-refractivity contribution < 1.29 is 4.42 Å². The molecule has 4 rings (SSSR count). The first-order chi connectivity index (χ1) is 11.8. The molecule has 0 bridgehead atoms. The zero-order valence-corrected chi connectivity index (χ0v) is 14.4. The van der Waals surface area contributed by atoms with Crippen molar-refractivity contribution in [3.63, 3.8) is 0 Å². The van der Waals surface area contributed by atoms with Crippen LogP contribution in [0.5, 0.6) is 0 Å². The van der Waals surface area contributed by atoms with Gasteiger partial charge in [0.15, 0.2) is 0 Å². The summed E-state index contributed by atoms with van der Waals surface area (Å²) in [5.41, 5.74) is 3.86. The van der Waals surface area contributed by atoms with Crippen LogP contribution in [0.25, 0.3) is 11.0 Å². The smallest absolute Gasteiger partial charge is 0.134 e. The number of para-hydroxylation sites is 1. The van der Waals surface area contributed by atoms with E-state index in [4.69, 9.17) is 4.42 Å². The van der Waals surface area contributed by atoms with E-state index in [1.807, 2.05) is 6.07 Å². The Morgan fingerprint density at radius 1 is 0.958 bits per heavy atom. The second-order valence-corrected chi connectivity index (χ2v) is 6.91. The number of aryl methyl sites for hydroxylation is 1. The largest absolute Gasteiger partial charge is 0.461 e. The Morgan fingerprint density at radius 3 is 2.38 bits per heavy atom. The average molecular weight is 319 g/mol. The molecule has 3 aromatic rings. The summed E-state index contributed by atoms with van der Waals surface area (Å²) in [6.45, 7) is 5.57. The predicted molar refractivity (Wildman–Crippen MR) is 99.3 cm³/mol. The highest BCUT2D eigenvalue weighted by atomic mass is 16.3. The first-order valence-electron chi connectivity index (χ1n) is 9.10. The van der Waals surface area contributed by atoms with Gasteiger partial charge in [0.1, 0.15) is 11.3 Å². The summed E-state index contributed by atoms with van der Waals surface area (Å²) < 4.78 is 6.07. The molecule has 0 amide bonds. The molecule has 1 aliphatic heterocycles. The number of piperidine rings is 1. The number of benzene rings is 2. The Kier molecular flexibility index (Phi) is 4.40. The zero-order valence-electron chi connectivity index (χ0n) is 14.4. The highest BCUT2D eigenvalue weighted by Gasteiger charge is 2.23. The van der Waals surface area contributed by atoms with Crippen molar-refractivity contribution in [1.29, 1.82) is 0 Å². The monoisotopic (exact) mass is 319 g/mol. The maximum atomic E-state index is 6.07. The highest BCUT2D eigenvalue weighted by molar-refractivity contribution is 5.77. The molecule has 2 aromatic carbocycles. The van der Waals surface area contributed by atoms with Crippen LogP contribution < -0.4 is 0 Å². The Morgan fingerprint density at radius 2 is 1.67 bits per heavy atom. The number of nitrogens with zero attached hydrogens (tertiary/aromatic N) is 1. The lowest BCUT2D eigenvalue weighted by atomic mass is 9.94. The van der Waals surface area contributed by atoms with Crippen LogP contribution in [0.1, 0.15) is 42.6 Å². The third-order valence-electron chi connectivity index (χ3n) is 5.27. The van der Waals surface area contributed by atoms with E-state index >= 15 is 0 Å². The Bertz CT molecular complexity index is 761. The van der Waals surface area contributed by atoms with Gasteiger partial charge in [-0.1, -0.05) is 49.4 Å². The number of likely N-dealkylation sites (tertiary alicyclic amines) is 1. The third kappa shape index (κ3) is 3.25. The van der Waals surface area contributed by atoms with Gasteiger partial charge >= 0.3 is 0 Å². The van der Waals surface area contributed by atoms with E-state index in [2.05, 4.69) is 60.4 Å². The summed E-state index contributed by atoms with van der Waals surface area (Å²) in [7, 11) is 0. The molecule has 2 heterocycles. The average Bonchev–Trinajstić information content (AvgIpc) is 3.07. The van der Waals surface area contributed by atoms with Crippen LogP contribution in [-0.4, -0.2) is 18.0 Å². The van der Waals surface area contributed by atoms with Gasteiger partial charge in [0.25, 0.3) is 0 Å². The van der Waals surface area contributed by atoms with Crippen LogP contribution in [0.3, 0.4) is 0 Å². The van der Waals surface area contributed by atoms with E-state index in [0.717, 1.165) is 31.6 Å². The van der Waals surface area contributed by atoms with Crippen molar-refractivity contribution in [2.45, 2.75) is 38.6 Å². The fourth-order valence-electron chi connectivity index (χ4n) is 3.72. The molecule has 24 heavy (non-hydrogen) atoms. The second kappa shape index (κ2) is 6.82. The predicted octanol–water partition coefficient (Wildman–Crippen LogP) is 5.37. The molecule has 1 aliphatic rings. The molecule has 124 valence electrons. The van der Waals surface area contributed by atoms with Crippen molar-refractivity contribution in [2.24, 2.45) is 0 Å². The van der Waals surface area contributed by atoms with Crippen LogP contribution in [0.4, 0.5) is 0 Å². The molecule has 0 radical (unpaired) electrons. The molecular weight excluding hydrogens is 294 g/mol. The van der Waals surface area contributed by atoms with Crippen molar-refractivity contribution in [3.8, 4) is 0 Å². The Balaban J connectivity index is 1.37. The van der Waals surface area contributed by atoms with Crippen LogP contribution in [-0.2, 0) is 13.0 Å². The Hall–Kier alpha value is -2.06. The lowest BCUT2D eigenvalue weighted by molar-refractivity contribution is 0.196. The highest BCUT2D eigenvalue weighted by Crippen LogP contribution is 2.32. The molecule has 0 N–H and O–H groups in total. The maximum absolute atomic E-state index is 6.07. The van der Waals surface area contributed by atoms with Crippen LogP contribution in [0.2, 0.25) is 0 Å². The van der Waals surface area contributed by atoms with Gasteiger partial charge in [0, 0.05) is 17.8 Å². The Labute approximate surface area is 144 Å². The van der Waals surface area contributed by atoms with Gasteiger partial charge in [-0.15, -0.1) is 0 Å². The summed E-state index contributed by atoms with van der Waals surface area (Å²) in [6.07, 6.45) is 3.49. The van der Waals surface area contributed by atoms with Gasteiger partial charge < -0.3 is 4.42 Å². The van der Waals surface area contributed by atoms with Gasteiger partial charge in [-0.25, -0.2) is 0 Å². The summed E-state index contributed by atoms with van der Waals surface area (Å²) in [5.74, 6) is 1.74. The van der Waals surface area contributed by atoms with E-state index in [0.29, 0.717) is 5.92 Å². The second-order valence-electron chi connectivity index (χ2n) is 6.91. The van der Waals surface area contributed by atoms with Crippen LogP contribution >= 0.6 is 0 Å². The number of furan rings is 1. The quantitative estimate of drug-likeness (QED) is 0.642. The lowest BCUT2D eigenvalue weighted by Crippen LogP contribution is -2.32. The topological polar surface area (TPSA) is 16.4 Å². The number of hydrogen-bond donors (Lipinski definition) is 0. The van der Waals surface area contributed by atoms with Gasteiger partial charge in [-0.05, 0) is 55.6 Å². The van der Waals surface area contributed by atoms with Gasteiger partial charge in [-0.2, -0.15) is 0 Å². The minimum Gasteiger partial charge on any atom is -0.461 e. The first kappa shape index (κ1) is 15.5. The van der Waals surface area contributed by atoms with Gasteiger partial charge in [0.05, 0.1) is 0 Å². The molecule has 2 nitrogen and oxygen atoms in total. The molecule has 0 atom stereocenters. The standard InChI is InChI=1S/C22H25NO/c1-2-17-7-9-18(10-8-17)16-23-13-11-19(12-14-23)22-15-20-5-3-4-6-21(20)24-22/h3-10,15,19H,2,11-14,16H2,1H3. The van der Waals surface area contributed by atoms with Crippen molar-refractivity contribution in [1.82, 2.24) is 4.90 Å². The van der Waals surface area contributed by atoms with Gasteiger partial charge in [0.2, 0.25) is 0 Å². The molecule has 1 saturated heterocycles. The van der Waals surface area contributed by atoms with Crippen molar-refractivity contribution in [2.75, 3.05) is 13.1 Å². The van der Waals surface area contributed by atoms with E-state index in [1.165, 1.54) is 35.1 Å². The molecule has 1 fully saturated rings. The van der Waals surface area contributed by atoms with Crippen LogP contribution in [0.15, 0.2) is 59.0 Å². The lowest BCUT2D eigenvalue weighted by Gasteiger charge is -2.31. The van der Waals surface area contributed by atoms with Crippen molar-refractivity contribution in [3.05, 3.63) is 71.5 Å². The summed E-state index contributed by atoms with van der Waals surface area (Å²) in [5, 5.41) is 1.23. The zero-order chi connectivity index (χ0) is 16.4. The molecular formula is C22H25NO. The van der Waals surface area contributed by atoms with E-state index < -0.39 is 0 Å². The minimum atomic E-state index is 0.566. The maximum Gasteiger partial charge on any atom is 0.134 e. The molecule has 0 aliphatic carbocycles. The normalized spacial score (nSPS) is 16.7. The number of hydrogen-bond acceptors (Lipinski definition) is 2. The minimum absolute atomic E-state index is 0.566. The summed E-state index contributed by atoms with van der Waals surface area (Å²) >= 11 is 0.